The molecule has 1 atom stereocenters. The van der Waals surface area contributed by atoms with E-state index >= 15 is 0 Å². The van der Waals surface area contributed by atoms with E-state index in [-0.39, 0.29) is 17.4 Å². The standard InChI is InChI=1S/C19H33NO3/c1-18(2,15-19(3,4)11-13-21)10-12-20-17(22)23-14-16-8-6-5-7-9-16/h5-9,17,20-22H,10-15H2,1-4H3. The minimum atomic E-state index is -0.948. The number of benzene rings is 1. The van der Waals surface area contributed by atoms with Gasteiger partial charge < -0.3 is 14.9 Å². The summed E-state index contributed by atoms with van der Waals surface area (Å²) in [6.45, 7) is 10.1. The first-order valence-electron chi connectivity index (χ1n) is 8.42. The van der Waals surface area contributed by atoms with Gasteiger partial charge in [-0.2, -0.15) is 0 Å². The highest BCUT2D eigenvalue weighted by Gasteiger charge is 2.28. The second-order valence-electron chi connectivity index (χ2n) is 7.83. The van der Waals surface area contributed by atoms with E-state index in [1.165, 1.54) is 0 Å². The molecular weight excluding hydrogens is 290 g/mol. The third kappa shape index (κ3) is 9.06. The lowest BCUT2D eigenvalue weighted by Gasteiger charge is -2.35. The molecule has 3 N–H and O–H groups in total. The maximum Gasteiger partial charge on any atom is 0.213 e. The molecule has 1 rings (SSSR count). The first kappa shape index (κ1) is 20.1. The largest absolute Gasteiger partial charge is 0.396 e. The van der Waals surface area contributed by atoms with Crippen LogP contribution in [0.3, 0.4) is 0 Å². The average molecular weight is 323 g/mol. The molecule has 4 heteroatoms. The Kier molecular flexibility index (Phi) is 8.20. The molecule has 1 aromatic rings. The van der Waals surface area contributed by atoms with Crippen molar-refractivity contribution in [2.24, 2.45) is 10.8 Å². The molecule has 0 amide bonds. The summed E-state index contributed by atoms with van der Waals surface area (Å²) in [5.41, 5.74) is 1.31. The van der Waals surface area contributed by atoms with E-state index in [4.69, 9.17) is 9.84 Å². The second kappa shape index (κ2) is 9.38. The molecule has 0 aliphatic rings. The number of aliphatic hydroxyl groups is 2. The Morgan fingerprint density at radius 3 is 2.26 bits per heavy atom. The zero-order valence-electron chi connectivity index (χ0n) is 15.0. The van der Waals surface area contributed by atoms with E-state index in [1.807, 2.05) is 30.3 Å². The molecular formula is C19H33NO3. The van der Waals surface area contributed by atoms with Gasteiger partial charge in [-0.15, -0.1) is 0 Å². The van der Waals surface area contributed by atoms with E-state index in [9.17, 15) is 5.11 Å². The quantitative estimate of drug-likeness (QED) is 0.547. The SMILES string of the molecule is CC(C)(CCO)CC(C)(C)CCNC(O)OCc1ccccc1. The van der Waals surface area contributed by atoms with E-state index in [1.54, 1.807) is 0 Å². The van der Waals surface area contributed by atoms with E-state index in [0.29, 0.717) is 13.2 Å². The molecule has 0 aliphatic carbocycles. The molecule has 0 heterocycles. The van der Waals surface area contributed by atoms with Crippen LogP contribution < -0.4 is 5.32 Å². The van der Waals surface area contributed by atoms with Crippen molar-refractivity contribution in [2.75, 3.05) is 13.2 Å². The van der Waals surface area contributed by atoms with Crippen molar-refractivity contribution in [3.05, 3.63) is 35.9 Å². The van der Waals surface area contributed by atoms with Crippen LogP contribution in [-0.4, -0.2) is 29.8 Å². The molecule has 4 nitrogen and oxygen atoms in total. The van der Waals surface area contributed by atoms with Crippen LogP contribution in [0.5, 0.6) is 0 Å². The molecule has 0 bridgehead atoms. The molecule has 23 heavy (non-hydrogen) atoms. The molecule has 0 saturated heterocycles. The Labute approximate surface area is 140 Å². The molecule has 1 unspecified atom stereocenters. The highest BCUT2D eigenvalue weighted by molar-refractivity contribution is 5.13. The summed E-state index contributed by atoms with van der Waals surface area (Å²) < 4.78 is 5.39. The fraction of sp³-hybridized carbons (Fsp3) is 0.684. The first-order valence-corrected chi connectivity index (χ1v) is 8.42. The predicted octanol–water partition coefficient (Wildman–Crippen LogP) is 3.28. The van der Waals surface area contributed by atoms with Gasteiger partial charge in [0.15, 0.2) is 0 Å². The number of aliphatic hydroxyl groups excluding tert-OH is 2. The van der Waals surface area contributed by atoms with Gasteiger partial charge in [0.25, 0.3) is 0 Å². The summed E-state index contributed by atoms with van der Waals surface area (Å²) in [6.07, 6.45) is 1.83. The number of rotatable bonds is 11. The molecule has 0 aliphatic heterocycles. The molecule has 0 saturated carbocycles. The summed E-state index contributed by atoms with van der Waals surface area (Å²) in [4.78, 5) is 0. The zero-order valence-corrected chi connectivity index (χ0v) is 15.0. The van der Waals surface area contributed by atoms with E-state index in [0.717, 1.165) is 24.8 Å². The van der Waals surface area contributed by atoms with Crippen LogP contribution in [0.1, 0.15) is 52.5 Å². The van der Waals surface area contributed by atoms with Gasteiger partial charge in [-0.05, 0) is 35.7 Å². The summed E-state index contributed by atoms with van der Waals surface area (Å²) in [5.74, 6) is 0. The third-order valence-electron chi connectivity index (χ3n) is 4.12. The number of ether oxygens (including phenoxy) is 1. The Bertz CT molecular complexity index is 432. The topological polar surface area (TPSA) is 61.7 Å². The van der Waals surface area contributed by atoms with Gasteiger partial charge in [0.05, 0.1) is 6.61 Å². The minimum absolute atomic E-state index is 0.126. The van der Waals surface area contributed by atoms with Gasteiger partial charge in [-0.3, -0.25) is 5.32 Å². The van der Waals surface area contributed by atoms with Gasteiger partial charge in [0.1, 0.15) is 0 Å². The van der Waals surface area contributed by atoms with Crippen molar-refractivity contribution in [3.8, 4) is 0 Å². The van der Waals surface area contributed by atoms with Crippen molar-refractivity contribution in [2.45, 2.75) is 60.0 Å². The van der Waals surface area contributed by atoms with E-state index < -0.39 is 6.41 Å². The van der Waals surface area contributed by atoms with Gasteiger partial charge >= 0.3 is 0 Å². The maximum absolute atomic E-state index is 9.86. The van der Waals surface area contributed by atoms with Crippen LogP contribution in [0.2, 0.25) is 0 Å². The van der Waals surface area contributed by atoms with Crippen LogP contribution in [-0.2, 0) is 11.3 Å². The van der Waals surface area contributed by atoms with E-state index in [2.05, 4.69) is 33.0 Å². The fourth-order valence-electron chi connectivity index (χ4n) is 3.12. The lowest BCUT2D eigenvalue weighted by Crippen LogP contribution is -2.35. The summed E-state index contributed by atoms with van der Waals surface area (Å²) in [7, 11) is 0. The van der Waals surface area contributed by atoms with Crippen molar-refractivity contribution < 1.29 is 14.9 Å². The molecule has 0 radical (unpaired) electrons. The lowest BCUT2D eigenvalue weighted by molar-refractivity contribution is -0.129. The van der Waals surface area contributed by atoms with Crippen molar-refractivity contribution >= 4 is 0 Å². The molecule has 0 spiro atoms. The number of hydrogen-bond acceptors (Lipinski definition) is 4. The monoisotopic (exact) mass is 323 g/mol. The Morgan fingerprint density at radius 1 is 1.04 bits per heavy atom. The number of hydrogen-bond donors (Lipinski definition) is 3. The summed E-state index contributed by atoms with van der Waals surface area (Å²) >= 11 is 0. The Hall–Kier alpha value is -0.940. The van der Waals surface area contributed by atoms with Crippen LogP contribution in [0.4, 0.5) is 0 Å². The van der Waals surface area contributed by atoms with Crippen LogP contribution in [0.15, 0.2) is 30.3 Å². The predicted molar refractivity (Wildman–Crippen MR) is 93.7 cm³/mol. The fourth-order valence-corrected chi connectivity index (χ4v) is 3.12. The van der Waals surface area contributed by atoms with Crippen molar-refractivity contribution in [1.29, 1.82) is 0 Å². The van der Waals surface area contributed by atoms with Crippen LogP contribution in [0, 0.1) is 10.8 Å². The summed E-state index contributed by atoms with van der Waals surface area (Å²) in [6, 6.07) is 9.81. The van der Waals surface area contributed by atoms with Crippen LogP contribution >= 0.6 is 0 Å². The van der Waals surface area contributed by atoms with Crippen molar-refractivity contribution in [1.82, 2.24) is 5.32 Å². The zero-order chi connectivity index (χ0) is 17.3. The van der Waals surface area contributed by atoms with Crippen molar-refractivity contribution in [3.63, 3.8) is 0 Å². The average Bonchev–Trinajstić information content (AvgIpc) is 2.44. The van der Waals surface area contributed by atoms with Gasteiger partial charge in [0, 0.05) is 13.2 Å². The molecule has 0 aromatic heterocycles. The maximum atomic E-state index is 9.86. The second-order valence-corrected chi connectivity index (χ2v) is 7.83. The smallest absolute Gasteiger partial charge is 0.213 e. The molecule has 1 aromatic carbocycles. The first-order chi connectivity index (χ1) is 10.7. The molecule has 132 valence electrons. The Balaban J connectivity index is 2.26. The van der Waals surface area contributed by atoms with Gasteiger partial charge in [-0.25, -0.2) is 0 Å². The number of nitrogens with one attached hydrogen (secondary N) is 1. The highest BCUT2D eigenvalue weighted by Crippen LogP contribution is 2.37. The minimum Gasteiger partial charge on any atom is -0.396 e. The van der Waals surface area contributed by atoms with Gasteiger partial charge in [0.2, 0.25) is 6.41 Å². The Morgan fingerprint density at radius 2 is 1.65 bits per heavy atom. The normalized spacial score (nSPS) is 14.0. The highest BCUT2D eigenvalue weighted by atomic mass is 16.6. The molecule has 0 fully saturated rings. The summed E-state index contributed by atoms with van der Waals surface area (Å²) in [5, 5.41) is 22.0. The third-order valence-corrected chi connectivity index (χ3v) is 4.12. The lowest BCUT2D eigenvalue weighted by atomic mass is 9.72. The van der Waals surface area contributed by atoms with Crippen LogP contribution in [0.25, 0.3) is 0 Å². The van der Waals surface area contributed by atoms with Gasteiger partial charge in [-0.1, -0.05) is 58.0 Å².